The van der Waals surface area contributed by atoms with Gasteiger partial charge in [-0.1, -0.05) is 18.2 Å². The van der Waals surface area contributed by atoms with E-state index in [2.05, 4.69) is 0 Å². The largest absolute Gasteiger partial charge is 0.478 e. The number of nitrogen functional groups attached to an aromatic ring is 1. The van der Waals surface area contributed by atoms with Crippen molar-refractivity contribution in [2.45, 2.75) is 37.9 Å². The highest BCUT2D eigenvalue weighted by molar-refractivity contribution is 5.89. The molecule has 1 heterocycles. The minimum absolute atomic E-state index is 0.000568. The first-order valence-corrected chi connectivity index (χ1v) is 9.49. The molecule has 0 aromatic heterocycles. The van der Waals surface area contributed by atoms with E-state index in [1.807, 2.05) is 23.1 Å². The third-order valence-corrected chi connectivity index (χ3v) is 5.83. The molecule has 2 aromatic carbocycles. The summed E-state index contributed by atoms with van der Waals surface area (Å²) in [6.45, 7) is 0. The first-order chi connectivity index (χ1) is 13.7. The molecule has 0 radical (unpaired) electrons. The molecule has 7 heteroatoms. The van der Waals surface area contributed by atoms with E-state index < -0.39 is 18.1 Å². The Morgan fingerprint density at radius 2 is 1.83 bits per heavy atom. The van der Waals surface area contributed by atoms with Gasteiger partial charge in [-0.2, -0.15) is 13.2 Å². The zero-order valence-corrected chi connectivity index (χ0v) is 15.6. The third-order valence-electron chi connectivity index (χ3n) is 5.83. The number of halogens is 3. The molecule has 0 spiro atoms. The van der Waals surface area contributed by atoms with E-state index in [0.717, 1.165) is 16.8 Å². The van der Waals surface area contributed by atoms with Gasteiger partial charge in [0.25, 0.3) is 0 Å². The first-order valence-electron chi connectivity index (χ1n) is 9.49. The minimum Gasteiger partial charge on any atom is -0.478 e. The smallest absolute Gasteiger partial charge is 0.392 e. The molecule has 4 rings (SSSR count). The number of allylic oxidation sites excluding steroid dienone is 1. The number of benzene rings is 2. The van der Waals surface area contributed by atoms with Crippen LogP contribution in [0.3, 0.4) is 0 Å². The normalized spacial score (nSPS) is 22.0. The molecule has 4 nitrogen and oxygen atoms in total. The van der Waals surface area contributed by atoms with E-state index >= 15 is 0 Å². The van der Waals surface area contributed by atoms with Crippen molar-refractivity contribution in [3.05, 3.63) is 70.9 Å². The summed E-state index contributed by atoms with van der Waals surface area (Å²) in [4.78, 5) is 13.4. The van der Waals surface area contributed by atoms with Crippen molar-refractivity contribution in [2.24, 2.45) is 5.92 Å². The van der Waals surface area contributed by atoms with E-state index in [1.54, 1.807) is 24.3 Å². The Morgan fingerprint density at radius 3 is 2.48 bits per heavy atom. The number of nitrogens with two attached hydrogens (primary N) is 1. The second kappa shape index (κ2) is 7.13. The van der Waals surface area contributed by atoms with Crippen LogP contribution in [0.5, 0.6) is 0 Å². The minimum atomic E-state index is -4.20. The Balaban J connectivity index is 1.76. The summed E-state index contributed by atoms with van der Waals surface area (Å²) < 4.78 is 39.9. The average molecular weight is 402 g/mol. The van der Waals surface area contributed by atoms with Crippen molar-refractivity contribution in [2.75, 3.05) is 10.6 Å². The highest BCUT2D eigenvalue weighted by Gasteiger charge is 2.45. The summed E-state index contributed by atoms with van der Waals surface area (Å²) in [5.74, 6) is -2.36. The fourth-order valence-corrected chi connectivity index (χ4v) is 4.40. The summed E-state index contributed by atoms with van der Waals surface area (Å²) in [6, 6.07) is 13.7. The van der Waals surface area contributed by atoms with Gasteiger partial charge in [-0.05, 0) is 67.2 Å². The molecule has 1 aliphatic carbocycles. The number of hydrogen-bond donors (Lipinski definition) is 2. The van der Waals surface area contributed by atoms with Gasteiger partial charge in [0.2, 0.25) is 0 Å². The number of anilines is 2. The maximum atomic E-state index is 13.3. The van der Waals surface area contributed by atoms with Crippen molar-refractivity contribution in [1.82, 2.24) is 0 Å². The van der Waals surface area contributed by atoms with Crippen molar-refractivity contribution < 1.29 is 23.1 Å². The zero-order valence-electron chi connectivity index (χ0n) is 15.6. The highest BCUT2D eigenvalue weighted by atomic mass is 19.4. The molecule has 2 aromatic rings. The van der Waals surface area contributed by atoms with Crippen LogP contribution in [-0.4, -0.2) is 17.3 Å². The van der Waals surface area contributed by atoms with Crippen LogP contribution in [0, 0.1) is 5.92 Å². The molecule has 0 saturated carbocycles. The van der Waals surface area contributed by atoms with Gasteiger partial charge in [0.1, 0.15) is 0 Å². The lowest BCUT2D eigenvalue weighted by Crippen LogP contribution is -2.28. The number of rotatable bonds is 3. The van der Waals surface area contributed by atoms with Gasteiger partial charge in [0, 0.05) is 17.1 Å². The predicted molar refractivity (Wildman–Crippen MR) is 105 cm³/mol. The van der Waals surface area contributed by atoms with Crippen LogP contribution in [0.1, 0.15) is 47.6 Å². The molecule has 29 heavy (non-hydrogen) atoms. The molecule has 1 aliphatic heterocycles. The monoisotopic (exact) mass is 402 g/mol. The molecule has 2 atom stereocenters. The summed E-state index contributed by atoms with van der Waals surface area (Å²) >= 11 is 0. The lowest BCUT2D eigenvalue weighted by atomic mass is 9.85. The van der Waals surface area contributed by atoms with Crippen LogP contribution < -0.4 is 10.6 Å². The van der Waals surface area contributed by atoms with Crippen LogP contribution in [0.25, 0.3) is 0 Å². The lowest BCUT2D eigenvalue weighted by Gasteiger charge is -2.33. The Kier molecular flexibility index (Phi) is 4.76. The lowest BCUT2D eigenvalue weighted by molar-refractivity contribution is -0.176. The number of carbonyl (C=O) groups is 1. The molecular weight excluding hydrogens is 381 g/mol. The summed E-state index contributed by atoms with van der Waals surface area (Å²) in [5.41, 5.74) is 9.87. The second-order valence-corrected chi connectivity index (χ2v) is 7.64. The Hall–Kier alpha value is -2.96. The van der Waals surface area contributed by atoms with E-state index in [-0.39, 0.29) is 24.4 Å². The molecular formula is C22H21F3N2O2. The predicted octanol–water partition coefficient (Wildman–Crippen LogP) is 5.53. The van der Waals surface area contributed by atoms with E-state index in [1.165, 1.54) is 6.07 Å². The van der Waals surface area contributed by atoms with Gasteiger partial charge in [0.05, 0.1) is 17.5 Å². The third kappa shape index (κ3) is 3.69. The SMILES string of the molecule is Nc1ccc(C2CC3=C(CCC(C(F)(F)F)C3)N2c2cccc(C(=O)O)c2)cc1. The summed E-state index contributed by atoms with van der Waals surface area (Å²) in [7, 11) is 0. The number of carboxylic acid groups (broad SMARTS) is 1. The fraction of sp³-hybridized carbons (Fsp3) is 0.318. The van der Waals surface area contributed by atoms with Crippen LogP contribution in [-0.2, 0) is 0 Å². The molecule has 3 N–H and O–H groups in total. The van der Waals surface area contributed by atoms with Gasteiger partial charge in [0.15, 0.2) is 0 Å². The maximum Gasteiger partial charge on any atom is 0.392 e. The Bertz CT molecular complexity index is 967. The van der Waals surface area contributed by atoms with Crippen molar-refractivity contribution in [3.63, 3.8) is 0 Å². The van der Waals surface area contributed by atoms with Crippen molar-refractivity contribution in [1.29, 1.82) is 0 Å². The molecule has 0 bridgehead atoms. The number of aromatic carboxylic acids is 1. The van der Waals surface area contributed by atoms with E-state index in [9.17, 15) is 23.1 Å². The van der Waals surface area contributed by atoms with Gasteiger partial charge < -0.3 is 15.7 Å². The molecule has 0 saturated heterocycles. The maximum absolute atomic E-state index is 13.3. The van der Waals surface area contributed by atoms with Crippen molar-refractivity contribution >= 4 is 17.3 Å². The number of carboxylic acids is 1. The molecule has 2 unspecified atom stereocenters. The van der Waals surface area contributed by atoms with Crippen LogP contribution in [0.2, 0.25) is 0 Å². The van der Waals surface area contributed by atoms with E-state index in [0.29, 0.717) is 24.2 Å². The van der Waals surface area contributed by atoms with Gasteiger partial charge >= 0.3 is 12.1 Å². The Morgan fingerprint density at radius 1 is 1.10 bits per heavy atom. The zero-order chi connectivity index (χ0) is 20.8. The fourth-order valence-electron chi connectivity index (χ4n) is 4.40. The van der Waals surface area contributed by atoms with E-state index in [4.69, 9.17) is 5.73 Å². The quantitative estimate of drug-likeness (QED) is 0.662. The highest BCUT2D eigenvalue weighted by Crippen LogP contribution is 2.51. The van der Waals surface area contributed by atoms with Gasteiger partial charge in [-0.3, -0.25) is 0 Å². The van der Waals surface area contributed by atoms with Gasteiger partial charge in [-0.15, -0.1) is 0 Å². The standard InChI is InChI=1S/C22H21F3N2O2/c23-22(24,25)16-6-9-19-15(10-16)12-20(13-4-7-17(26)8-5-13)27(19)18-3-1-2-14(11-18)21(28)29/h1-5,7-8,11,16,20H,6,9-10,12,26H2,(H,28,29). The molecule has 2 aliphatic rings. The number of nitrogens with zero attached hydrogens (tertiary/aromatic N) is 1. The van der Waals surface area contributed by atoms with Gasteiger partial charge in [-0.25, -0.2) is 4.79 Å². The van der Waals surface area contributed by atoms with Crippen molar-refractivity contribution in [3.8, 4) is 0 Å². The Labute approximate surface area is 166 Å². The van der Waals surface area contributed by atoms with Crippen LogP contribution >= 0.6 is 0 Å². The number of hydrogen-bond acceptors (Lipinski definition) is 3. The molecule has 0 amide bonds. The summed E-state index contributed by atoms with van der Waals surface area (Å²) in [5, 5.41) is 9.35. The van der Waals surface area contributed by atoms with Crippen LogP contribution in [0.4, 0.5) is 24.5 Å². The number of alkyl halides is 3. The first kappa shape index (κ1) is 19.4. The topological polar surface area (TPSA) is 66.6 Å². The van der Waals surface area contributed by atoms with Crippen LogP contribution in [0.15, 0.2) is 59.8 Å². The molecule has 0 fully saturated rings. The summed E-state index contributed by atoms with van der Waals surface area (Å²) in [6.07, 6.45) is -3.34. The average Bonchev–Trinajstić information content (AvgIpc) is 3.06. The molecule has 152 valence electrons. The second-order valence-electron chi connectivity index (χ2n) is 7.64.